The van der Waals surface area contributed by atoms with Gasteiger partial charge in [0.25, 0.3) is 5.56 Å². The fourth-order valence-corrected chi connectivity index (χ4v) is 3.84. The third kappa shape index (κ3) is 4.00. The first kappa shape index (κ1) is 20.9. The van der Waals surface area contributed by atoms with Crippen LogP contribution in [0.3, 0.4) is 0 Å². The molecule has 3 heterocycles. The van der Waals surface area contributed by atoms with E-state index in [-0.39, 0.29) is 18.0 Å². The predicted octanol–water partition coefficient (Wildman–Crippen LogP) is 1.84. The summed E-state index contributed by atoms with van der Waals surface area (Å²) in [6.07, 6.45) is 0. The van der Waals surface area contributed by atoms with Crippen molar-refractivity contribution in [3.63, 3.8) is 0 Å². The molecule has 4 rings (SSSR count). The zero-order valence-corrected chi connectivity index (χ0v) is 18.3. The summed E-state index contributed by atoms with van der Waals surface area (Å²) in [7, 11) is 3.38. The van der Waals surface area contributed by atoms with Crippen molar-refractivity contribution in [1.29, 1.82) is 0 Å². The number of aromatic nitrogens is 3. The SMILES string of the molecule is COc1ccc(C)cc1NC(=O)Cn1c(N2CCOCC2)nc2cc(C)n(C)c2c1=O. The predicted molar refractivity (Wildman–Crippen MR) is 119 cm³/mol. The van der Waals surface area contributed by atoms with E-state index in [2.05, 4.69) is 5.32 Å². The number of morpholine rings is 1. The number of carbonyl (C=O) groups excluding carboxylic acids is 1. The maximum Gasteiger partial charge on any atom is 0.279 e. The lowest BCUT2D eigenvalue weighted by Gasteiger charge is -2.29. The van der Waals surface area contributed by atoms with E-state index in [0.29, 0.717) is 54.7 Å². The van der Waals surface area contributed by atoms with E-state index in [1.165, 1.54) is 4.57 Å². The second-order valence-electron chi connectivity index (χ2n) is 7.73. The van der Waals surface area contributed by atoms with Crippen molar-refractivity contribution in [2.75, 3.05) is 43.6 Å². The number of hydrogen-bond donors (Lipinski definition) is 1. The Balaban J connectivity index is 1.74. The Hall–Kier alpha value is -3.33. The van der Waals surface area contributed by atoms with Gasteiger partial charge in [0.2, 0.25) is 11.9 Å². The Bertz CT molecular complexity index is 1190. The minimum absolute atomic E-state index is 0.157. The van der Waals surface area contributed by atoms with Crippen LogP contribution in [0.15, 0.2) is 29.1 Å². The highest BCUT2D eigenvalue weighted by molar-refractivity contribution is 5.92. The molecule has 0 aliphatic carbocycles. The molecule has 3 aromatic rings. The lowest BCUT2D eigenvalue weighted by Crippen LogP contribution is -2.42. The van der Waals surface area contributed by atoms with E-state index in [0.717, 1.165) is 11.3 Å². The minimum atomic E-state index is -0.326. The smallest absolute Gasteiger partial charge is 0.279 e. The molecule has 1 N–H and O–H groups in total. The van der Waals surface area contributed by atoms with E-state index in [1.54, 1.807) is 13.2 Å². The molecule has 0 spiro atoms. The minimum Gasteiger partial charge on any atom is -0.495 e. The molecular weight excluding hydrogens is 398 g/mol. The molecule has 9 nitrogen and oxygen atoms in total. The Labute approximate surface area is 180 Å². The van der Waals surface area contributed by atoms with Crippen LogP contribution in [0.4, 0.5) is 11.6 Å². The number of benzene rings is 1. The summed E-state index contributed by atoms with van der Waals surface area (Å²) in [5.41, 5.74) is 3.36. The average Bonchev–Trinajstić information content (AvgIpc) is 3.04. The topological polar surface area (TPSA) is 90.6 Å². The van der Waals surface area contributed by atoms with E-state index in [9.17, 15) is 9.59 Å². The van der Waals surface area contributed by atoms with Gasteiger partial charge in [-0.15, -0.1) is 0 Å². The number of hydrogen-bond acceptors (Lipinski definition) is 6. The lowest BCUT2D eigenvalue weighted by atomic mass is 10.2. The third-order valence-electron chi connectivity index (χ3n) is 5.59. The number of ether oxygens (including phenoxy) is 2. The van der Waals surface area contributed by atoms with Crippen molar-refractivity contribution in [2.45, 2.75) is 20.4 Å². The number of carbonyl (C=O) groups is 1. The second-order valence-corrected chi connectivity index (χ2v) is 7.73. The van der Waals surface area contributed by atoms with Crippen LogP contribution < -0.4 is 20.5 Å². The summed E-state index contributed by atoms with van der Waals surface area (Å²) >= 11 is 0. The Morgan fingerprint density at radius 2 is 1.97 bits per heavy atom. The summed E-state index contributed by atoms with van der Waals surface area (Å²) < 4.78 is 14.1. The van der Waals surface area contributed by atoms with Crippen molar-refractivity contribution in [2.24, 2.45) is 7.05 Å². The second kappa shape index (κ2) is 8.43. The summed E-state index contributed by atoms with van der Waals surface area (Å²) in [5, 5.41) is 2.87. The van der Waals surface area contributed by atoms with Gasteiger partial charge in [0.1, 0.15) is 17.8 Å². The molecule has 1 fully saturated rings. The van der Waals surface area contributed by atoms with Gasteiger partial charge in [0, 0.05) is 25.8 Å². The van der Waals surface area contributed by atoms with Crippen LogP contribution in [0.2, 0.25) is 0 Å². The molecule has 0 atom stereocenters. The van der Waals surface area contributed by atoms with Gasteiger partial charge in [-0.25, -0.2) is 4.98 Å². The van der Waals surface area contributed by atoms with Gasteiger partial charge in [-0.3, -0.25) is 14.2 Å². The number of nitrogens with zero attached hydrogens (tertiary/aromatic N) is 4. The molecule has 1 aliphatic heterocycles. The lowest BCUT2D eigenvalue weighted by molar-refractivity contribution is -0.116. The van der Waals surface area contributed by atoms with Crippen LogP contribution in [-0.4, -0.2) is 53.4 Å². The molecule has 2 aromatic heterocycles. The first-order valence-electron chi connectivity index (χ1n) is 10.2. The largest absolute Gasteiger partial charge is 0.495 e. The van der Waals surface area contributed by atoms with Crippen LogP contribution in [0.25, 0.3) is 11.0 Å². The number of nitrogens with one attached hydrogen (secondary N) is 1. The van der Waals surface area contributed by atoms with Gasteiger partial charge in [0.05, 0.1) is 31.5 Å². The molecule has 9 heteroatoms. The fourth-order valence-electron chi connectivity index (χ4n) is 3.84. The molecule has 0 saturated carbocycles. The highest BCUT2D eigenvalue weighted by Crippen LogP contribution is 2.25. The summed E-state index contributed by atoms with van der Waals surface area (Å²) in [6.45, 7) is 6.02. The number of methoxy groups -OCH3 is 1. The number of fused-ring (bicyclic) bond motifs is 1. The van der Waals surface area contributed by atoms with Gasteiger partial charge >= 0.3 is 0 Å². The van der Waals surface area contributed by atoms with E-state index < -0.39 is 0 Å². The van der Waals surface area contributed by atoms with Crippen LogP contribution in [0, 0.1) is 13.8 Å². The highest BCUT2D eigenvalue weighted by Gasteiger charge is 2.23. The molecule has 0 unspecified atom stereocenters. The molecule has 1 aliphatic rings. The molecule has 31 heavy (non-hydrogen) atoms. The van der Waals surface area contributed by atoms with Crippen molar-refractivity contribution < 1.29 is 14.3 Å². The first-order chi connectivity index (χ1) is 14.9. The Morgan fingerprint density at radius 3 is 2.68 bits per heavy atom. The van der Waals surface area contributed by atoms with Crippen LogP contribution in [0.5, 0.6) is 5.75 Å². The van der Waals surface area contributed by atoms with Gasteiger partial charge in [-0.1, -0.05) is 6.07 Å². The van der Waals surface area contributed by atoms with E-state index in [4.69, 9.17) is 14.5 Å². The summed E-state index contributed by atoms with van der Waals surface area (Å²) in [5.74, 6) is 0.719. The Kier molecular flexibility index (Phi) is 5.69. The fraction of sp³-hybridized carbons (Fsp3) is 0.409. The first-order valence-corrected chi connectivity index (χ1v) is 10.2. The quantitative estimate of drug-likeness (QED) is 0.671. The standard InChI is InChI=1S/C22H27N5O4/c1-14-5-6-18(30-4)16(11-14)23-19(28)13-27-21(29)20-17(12-15(2)25(20)3)24-22(27)26-7-9-31-10-8-26/h5-6,11-12H,7-10,13H2,1-4H3,(H,23,28). The molecule has 1 saturated heterocycles. The van der Waals surface area contributed by atoms with Crippen LogP contribution >= 0.6 is 0 Å². The van der Waals surface area contributed by atoms with Crippen molar-refractivity contribution >= 4 is 28.6 Å². The Morgan fingerprint density at radius 1 is 1.23 bits per heavy atom. The normalized spacial score (nSPS) is 14.1. The molecule has 164 valence electrons. The van der Waals surface area contributed by atoms with Gasteiger partial charge in [-0.2, -0.15) is 0 Å². The molecule has 1 amide bonds. The van der Waals surface area contributed by atoms with Gasteiger partial charge in [0.15, 0.2) is 0 Å². The molecule has 0 radical (unpaired) electrons. The van der Waals surface area contributed by atoms with Gasteiger partial charge < -0.3 is 24.3 Å². The number of anilines is 2. The maximum absolute atomic E-state index is 13.4. The monoisotopic (exact) mass is 425 g/mol. The third-order valence-corrected chi connectivity index (χ3v) is 5.59. The van der Waals surface area contributed by atoms with Crippen LogP contribution in [-0.2, 0) is 23.1 Å². The average molecular weight is 425 g/mol. The van der Waals surface area contributed by atoms with Crippen molar-refractivity contribution in [3.05, 3.63) is 45.9 Å². The molecule has 0 bridgehead atoms. The molecular formula is C22H27N5O4. The maximum atomic E-state index is 13.4. The van der Waals surface area contributed by atoms with Crippen molar-refractivity contribution in [1.82, 2.24) is 14.1 Å². The number of amides is 1. The summed E-state index contributed by atoms with van der Waals surface area (Å²) in [4.78, 5) is 33.2. The number of aryl methyl sites for hydroxylation is 3. The van der Waals surface area contributed by atoms with Crippen molar-refractivity contribution in [3.8, 4) is 5.75 Å². The molecule has 1 aromatic carbocycles. The highest BCUT2D eigenvalue weighted by atomic mass is 16.5. The number of rotatable bonds is 5. The van der Waals surface area contributed by atoms with E-state index >= 15 is 0 Å². The summed E-state index contributed by atoms with van der Waals surface area (Å²) in [6, 6.07) is 7.44. The zero-order valence-electron chi connectivity index (χ0n) is 18.3. The van der Waals surface area contributed by atoms with Crippen LogP contribution in [0.1, 0.15) is 11.3 Å². The van der Waals surface area contributed by atoms with E-state index in [1.807, 2.05) is 48.6 Å². The van der Waals surface area contributed by atoms with Gasteiger partial charge in [-0.05, 0) is 37.6 Å². The zero-order chi connectivity index (χ0) is 22.1.